The van der Waals surface area contributed by atoms with Crippen LogP contribution in [0.2, 0.25) is 10.0 Å². The van der Waals surface area contributed by atoms with Crippen molar-refractivity contribution in [2.24, 2.45) is 17.3 Å². The Morgan fingerprint density at radius 2 is 1.69 bits per heavy atom. The van der Waals surface area contributed by atoms with Crippen molar-refractivity contribution in [2.75, 3.05) is 36.0 Å². The lowest BCUT2D eigenvalue weighted by molar-refractivity contribution is -0.151. The number of carboxylic acid groups (broad SMARTS) is 1. The van der Waals surface area contributed by atoms with Crippen molar-refractivity contribution in [3.05, 3.63) is 50.4 Å². The minimum Gasteiger partial charge on any atom is -0.481 e. The molecular formula is C27H32Cl2N4O3. The number of piperazine rings is 1. The largest absolute Gasteiger partial charge is 0.481 e. The van der Waals surface area contributed by atoms with Crippen LogP contribution < -0.4 is 15.4 Å². The number of halogens is 2. The molecule has 2 heterocycles. The average Bonchev–Trinajstić information content (AvgIpc) is 2.81. The Bertz CT molecular complexity index is 1260. The zero-order chi connectivity index (χ0) is 25.2. The standard InChI is InChI=1S/C27H32Cl2N4O3/c1-17-2-3-20(28)9-21(17)31-4-6-32(7-5-31)22-15-30-33(25(36)24(22)29)27-12-18-8-19(13-27)11-26(10-18,16-27)14-23(34)35/h2-3,9,15,18-19H,4-8,10-14,16H2,1H3,(H,34,35)/t18-,19+,26?,27?. The van der Waals surface area contributed by atoms with Gasteiger partial charge >= 0.3 is 5.97 Å². The summed E-state index contributed by atoms with van der Waals surface area (Å²) in [4.78, 5) is 29.8. The Hall–Kier alpha value is -2.25. The molecule has 4 atom stereocenters. The van der Waals surface area contributed by atoms with Gasteiger partial charge in [-0.2, -0.15) is 5.10 Å². The normalized spacial score (nSPS) is 31.2. The summed E-state index contributed by atoms with van der Waals surface area (Å²) in [5.74, 6) is 0.175. The molecule has 1 N–H and O–H groups in total. The fourth-order valence-electron chi connectivity index (χ4n) is 8.27. The van der Waals surface area contributed by atoms with E-state index in [-0.39, 0.29) is 22.4 Å². The van der Waals surface area contributed by atoms with Crippen LogP contribution in [0.25, 0.3) is 0 Å². The maximum atomic E-state index is 13.6. The molecule has 0 spiro atoms. The van der Waals surface area contributed by atoms with E-state index >= 15 is 0 Å². The molecule has 1 saturated heterocycles. The molecule has 0 radical (unpaired) electrons. The maximum absolute atomic E-state index is 13.6. The second kappa shape index (κ2) is 8.66. The molecule has 192 valence electrons. The first-order valence-corrected chi connectivity index (χ1v) is 13.7. The molecule has 1 aromatic heterocycles. The molecule has 5 fully saturated rings. The Kier molecular flexibility index (Phi) is 5.80. The Morgan fingerprint density at radius 1 is 1.06 bits per heavy atom. The van der Waals surface area contributed by atoms with E-state index in [0.29, 0.717) is 23.9 Å². The summed E-state index contributed by atoms with van der Waals surface area (Å²) < 4.78 is 1.64. The SMILES string of the molecule is Cc1ccc(Cl)cc1N1CCN(c2cnn(C34C[C@@H]5C[C@@H](CC(CC(=O)O)(C5)C3)C4)c(=O)c2Cl)CC1. The van der Waals surface area contributed by atoms with Crippen molar-refractivity contribution in [2.45, 2.75) is 57.4 Å². The van der Waals surface area contributed by atoms with Crippen LogP contribution in [0.4, 0.5) is 11.4 Å². The summed E-state index contributed by atoms with van der Waals surface area (Å²) in [6, 6.07) is 5.95. The van der Waals surface area contributed by atoms with E-state index in [0.717, 1.165) is 69.0 Å². The third-order valence-electron chi connectivity index (χ3n) is 9.16. The van der Waals surface area contributed by atoms with E-state index in [2.05, 4.69) is 16.7 Å². The molecular weight excluding hydrogens is 499 g/mol. The first-order valence-electron chi connectivity index (χ1n) is 12.9. The van der Waals surface area contributed by atoms with Crippen molar-refractivity contribution >= 4 is 40.5 Å². The number of anilines is 2. The quantitative estimate of drug-likeness (QED) is 0.588. The van der Waals surface area contributed by atoms with Crippen LogP contribution in [0.3, 0.4) is 0 Å². The number of rotatable bonds is 5. The van der Waals surface area contributed by atoms with Crippen molar-refractivity contribution in [1.82, 2.24) is 9.78 Å². The molecule has 1 aromatic carbocycles. The molecule has 0 amide bonds. The lowest BCUT2D eigenvalue weighted by atomic mass is 9.46. The third kappa shape index (κ3) is 3.99. The van der Waals surface area contributed by atoms with Crippen molar-refractivity contribution in [3.63, 3.8) is 0 Å². The zero-order valence-corrected chi connectivity index (χ0v) is 22.1. The van der Waals surface area contributed by atoms with Crippen LogP contribution in [0, 0.1) is 24.2 Å². The van der Waals surface area contributed by atoms with Crippen LogP contribution in [0.5, 0.6) is 0 Å². The fourth-order valence-corrected chi connectivity index (χ4v) is 8.69. The summed E-state index contributed by atoms with van der Waals surface area (Å²) in [5.41, 5.74) is 2.13. The molecule has 4 bridgehead atoms. The maximum Gasteiger partial charge on any atom is 0.303 e. The van der Waals surface area contributed by atoms with Gasteiger partial charge in [0.15, 0.2) is 0 Å². The highest BCUT2D eigenvalue weighted by molar-refractivity contribution is 6.33. The highest BCUT2D eigenvalue weighted by Gasteiger charge is 2.59. The van der Waals surface area contributed by atoms with E-state index in [4.69, 9.17) is 28.3 Å². The Labute approximate surface area is 221 Å². The number of aliphatic carboxylic acids is 1. The number of carboxylic acids is 1. The summed E-state index contributed by atoms with van der Waals surface area (Å²) in [6.07, 6.45) is 7.48. The molecule has 1 aliphatic heterocycles. The van der Waals surface area contributed by atoms with Gasteiger partial charge in [-0.25, -0.2) is 4.68 Å². The first kappa shape index (κ1) is 24.1. The number of aryl methyl sites for hydroxylation is 1. The molecule has 2 aromatic rings. The topological polar surface area (TPSA) is 78.7 Å². The Balaban J connectivity index is 1.25. The van der Waals surface area contributed by atoms with E-state index in [1.165, 1.54) is 5.56 Å². The number of hydrogen-bond donors (Lipinski definition) is 1. The predicted molar refractivity (Wildman–Crippen MR) is 141 cm³/mol. The summed E-state index contributed by atoms with van der Waals surface area (Å²) >= 11 is 13.0. The second-order valence-electron chi connectivity index (χ2n) is 11.7. The predicted octanol–water partition coefficient (Wildman–Crippen LogP) is 4.96. The molecule has 7 rings (SSSR count). The van der Waals surface area contributed by atoms with E-state index in [1.807, 2.05) is 18.2 Å². The zero-order valence-electron chi connectivity index (χ0n) is 20.6. The van der Waals surface area contributed by atoms with Crippen molar-refractivity contribution < 1.29 is 9.90 Å². The fraction of sp³-hybridized carbons (Fsp3) is 0.593. The number of nitrogens with zero attached hydrogens (tertiary/aromatic N) is 4. The van der Waals surface area contributed by atoms with Crippen molar-refractivity contribution in [1.29, 1.82) is 0 Å². The van der Waals surface area contributed by atoms with Gasteiger partial charge in [0.05, 0.1) is 23.8 Å². The Morgan fingerprint density at radius 3 is 2.33 bits per heavy atom. The molecule has 36 heavy (non-hydrogen) atoms. The second-order valence-corrected chi connectivity index (χ2v) is 12.5. The van der Waals surface area contributed by atoms with Gasteiger partial charge in [-0.1, -0.05) is 29.3 Å². The molecule has 4 saturated carbocycles. The molecule has 9 heteroatoms. The van der Waals surface area contributed by atoms with E-state index in [1.54, 1.807) is 10.9 Å². The molecule has 2 unspecified atom stereocenters. The van der Waals surface area contributed by atoms with Crippen LogP contribution in [-0.4, -0.2) is 47.0 Å². The summed E-state index contributed by atoms with van der Waals surface area (Å²) in [6.45, 7) is 5.14. The van der Waals surface area contributed by atoms with Crippen LogP contribution in [-0.2, 0) is 10.3 Å². The minimum atomic E-state index is -0.743. The van der Waals surface area contributed by atoms with Crippen LogP contribution >= 0.6 is 23.2 Å². The first-order chi connectivity index (χ1) is 17.2. The monoisotopic (exact) mass is 530 g/mol. The molecule has 4 aliphatic carbocycles. The highest BCUT2D eigenvalue weighted by Crippen LogP contribution is 2.65. The minimum absolute atomic E-state index is 0.179. The number of carbonyl (C=O) groups is 1. The van der Waals surface area contributed by atoms with Gasteiger partial charge in [-0.15, -0.1) is 0 Å². The lowest BCUT2D eigenvalue weighted by Gasteiger charge is -2.61. The average molecular weight is 531 g/mol. The summed E-state index contributed by atoms with van der Waals surface area (Å²) in [7, 11) is 0. The van der Waals surface area contributed by atoms with Gasteiger partial charge in [-0.05, 0) is 80.4 Å². The molecule has 5 aliphatic rings. The summed E-state index contributed by atoms with van der Waals surface area (Å²) in [5, 5.41) is 15.3. The van der Waals surface area contributed by atoms with Crippen LogP contribution in [0.15, 0.2) is 29.2 Å². The number of aromatic nitrogens is 2. The third-order valence-corrected chi connectivity index (χ3v) is 9.75. The van der Waals surface area contributed by atoms with Gasteiger partial charge < -0.3 is 14.9 Å². The van der Waals surface area contributed by atoms with Gasteiger partial charge in [0.25, 0.3) is 5.56 Å². The van der Waals surface area contributed by atoms with Crippen LogP contribution in [0.1, 0.15) is 50.5 Å². The van der Waals surface area contributed by atoms with Gasteiger partial charge in [-0.3, -0.25) is 9.59 Å². The van der Waals surface area contributed by atoms with Gasteiger partial charge in [0, 0.05) is 36.9 Å². The number of hydrogen-bond acceptors (Lipinski definition) is 5. The molecule has 7 nitrogen and oxygen atoms in total. The highest BCUT2D eigenvalue weighted by atomic mass is 35.5. The number of benzene rings is 1. The van der Waals surface area contributed by atoms with Crippen molar-refractivity contribution in [3.8, 4) is 0 Å². The van der Waals surface area contributed by atoms with Gasteiger partial charge in [0.1, 0.15) is 5.02 Å². The van der Waals surface area contributed by atoms with E-state index < -0.39 is 11.5 Å². The van der Waals surface area contributed by atoms with E-state index in [9.17, 15) is 14.7 Å². The lowest BCUT2D eigenvalue weighted by Crippen LogP contribution is -2.59. The van der Waals surface area contributed by atoms with Gasteiger partial charge in [0.2, 0.25) is 0 Å². The smallest absolute Gasteiger partial charge is 0.303 e.